The predicted octanol–water partition coefficient (Wildman–Crippen LogP) is 4.96. The Kier molecular flexibility index (Phi) is 6.45. The van der Waals surface area contributed by atoms with E-state index < -0.39 is 5.54 Å². The summed E-state index contributed by atoms with van der Waals surface area (Å²) in [6.07, 6.45) is 4.59. The van der Waals surface area contributed by atoms with Crippen LogP contribution >= 0.6 is 11.6 Å². The lowest BCUT2D eigenvalue weighted by Crippen LogP contribution is -2.55. The number of amides is 3. The molecule has 0 N–H and O–H groups in total. The largest absolute Gasteiger partial charge is 0.457 e. The normalized spacial score (nSPS) is 17.9. The molecular weight excluding hydrogens is 464 g/mol. The molecule has 2 aromatic carbocycles. The molecule has 5 rings (SSSR count). The molecule has 2 saturated heterocycles. The van der Waals surface area contributed by atoms with Gasteiger partial charge in [0.25, 0.3) is 5.91 Å². The van der Waals surface area contributed by atoms with Crippen molar-refractivity contribution >= 4 is 23.5 Å². The van der Waals surface area contributed by atoms with E-state index in [1.807, 2.05) is 42.5 Å². The minimum Gasteiger partial charge on any atom is -0.457 e. The van der Waals surface area contributed by atoms with Crippen molar-refractivity contribution in [1.29, 1.82) is 0 Å². The standard InChI is InChI=1S/C27H27ClN4O3/c1-30-26(34)32(19-21-5-3-13-29-17-21)25(33)27(30)11-14-31(15-12-27)18-20-4-2-6-24(16-20)35-23-9-7-22(28)8-10-23/h2-10,13,16-17H,11-12,14-15,18-19H2,1H3. The van der Waals surface area contributed by atoms with Gasteiger partial charge in [-0.05, 0) is 66.4 Å². The fourth-order valence-corrected chi connectivity index (χ4v) is 5.02. The number of likely N-dealkylation sites (tertiary alicyclic amines) is 1. The molecule has 0 radical (unpaired) electrons. The van der Waals surface area contributed by atoms with E-state index in [1.165, 1.54) is 4.90 Å². The first kappa shape index (κ1) is 23.3. The number of halogens is 1. The second-order valence-corrected chi connectivity index (χ2v) is 9.54. The van der Waals surface area contributed by atoms with E-state index in [0.29, 0.717) is 17.9 Å². The van der Waals surface area contributed by atoms with E-state index in [0.717, 1.165) is 42.3 Å². The monoisotopic (exact) mass is 490 g/mol. The molecular formula is C27H27ClN4O3. The summed E-state index contributed by atoms with van der Waals surface area (Å²) in [5.74, 6) is 1.39. The maximum atomic E-state index is 13.4. The Morgan fingerprint density at radius 1 is 0.943 bits per heavy atom. The third kappa shape index (κ3) is 4.74. The number of likely N-dealkylation sites (N-methyl/N-ethyl adjacent to an activating group) is 1. The number of carbonyl (C=O) groups excluding carboxylic acids is 2. The molecule has 1 spiro atoms. The van der Waals surface area contributed by atoms with E-state index in [4.69, 9.17) is 16.3 Å². The van der Waals surface area contributed by atoms with Crippen molar-refractivity contribution in [2.75, 3.05) is 20.1 Å². The first-order valence-corrected chi connectivity index (χ1v) is 12.1. The van der Waals surface area contributed by atoms with Crippen LogP contribution in [0.5, 0.6) is 11.5 Å². The van der Waals surface area contributed by atoms with Gasteiger partial charge >= 0.3 is 6.03 Å². The van der Waals surface area contributed by atoms with Gasteiger partial charge in [-0.15, -0.1) is 0 Å². The fraction of sp³-hybridized carbons (Fsp3) is 0.296. The molecule has 0 aliphatic carbocycles. The topological polar surface area (TPSA) is 66.0 Å². The summed E-state index contributed by atoms with van der Waals surface area (Å²) in [7, 11) is 1.75. The zero-order valence-corrected chi connectivity index (χ0v) is 20.3. The molecule has 2 aliphatic heterocycles. The Morgan fingerprint density at radius 3 is 2.40 bits per heavy atom. The number of aromatic nitrogens is 1. The summed E-state index contributed by atoms with van der Waals surface area (Å²) in [6.45, 7) is 2.46. The summed E-state index contributed by atoms with van der Waals surface area (Å²) >= 11 is 5.95. The third-order valence-corrected chi connectivity index (χ3v) is 7.16. The predicted molar refractivity (Wildman–Crippen MR) is 133 cm³/mol. The van der Waals surface area contributed by atoms with Crippen LogP contribution in [0.15, 0.2) is 73.1 Å². The van der Waals surface area contributed by atoms with E-state index in [2.05, 4.69) is 16.0 Å². The molecule has 3 amide bonds. The quantitative estimate of drug-likeness (QED) is 0.457. The number of imide groups is 1. The highest BCUT2D eigenvalue weighted by Crippen LogP contribution is 2.37. The molecule has 7 nitrogen and oxygen atoms in total. The molecule has 0 atom stereocenters. The van der Waals surface area contributed by atoms with Crippen LogP contribution in [0, 0.1) is 0 Å². The van der Waals surface area contributed by atoms with Crippen LogP contribution in [0.25, 0.3) is 0 Å². The molecule has 0 saturated carbocycles. The number of benzene rings is 2. The van der Waals surface area contributed by atoms with Gasteiger partial charge in [-0.2, -0.15) is 0 Å². The van der Waals surface area contributed by atoms with Gasteiger partial charge in [-0.1, -0.05) is 29.8 Å². The van der Waals surface area contributed by atoms with E-state index in [-0.39, 0.29) is 18.5 Å². The van der Waals surface area contributed by atoms with Gasteiger partial charge in [-0.3, -0.25) is 19.6 Å². The summed E-state index contributed by atoms with van der Waals surface area (Å²) in [6, 6.07) is 18.8. The second kappa shape index (κ2) is 9.68. The molecule has 180 valence electrons. The Balaban J connectivity index is 1.22. The molecule has 0 bridgehead atoms. The molecule has 0 unspecified atom stereocenters. The zero-order valence-electron chi connectivity index (χ0n) is 19.6. The van der Waals surface area contributed by atoms with E-state index in [1.54, 1.807) is 36.5 Å². The number of piperidine rings is 1. The second-order valence-electron chi connectivity index (χ2n) is 9.11. The van der Waals surface area contributed by atoms with E-state index >= 15 is 0 Å². The van der Waals surface area contributed by atoms with E-state index in [9.17, 15) is 9.59 Å². The SMILES string of the molecule is CN1C(=O)N(Cc2cccnc2)C(=O)C12CCN(Cc1cccc(Oc3ccc(Cl)cc3)c1)CC2. The zero-order chi connectivity index (χ0) is 24.4. The van der Waals surface area contributed by atoms with Crippen molar-refractivity contribution in [2.24, 2.45) is 0 Å². The summed E-state index contributed by atoms with van der Waals surface area (Å²) in [5.41, 5.74) is 1.21. The van der Waals surface area contributed by atoms with Crippen LogP contribution in [0.3, 0.4) is 0 Å². The summed E-state index contributed by atoms with van der Waals surface area (Å²) in [4.78, 5) is 35.8. The molecule has 2 fully saturated rings. The third-order valence-electron chi connectivity index (χ3n) is 6.90. The maximum Gasteiger partial charge on any atom is 0.327 e. The van der Waals surface area contributed by atoms with Gasteiger partial charge in [0.05, 0.1) is 6.54 Å². The molecule has 8 heteroatoms. The summed E-state index contributed by atoms with van der Waals surface area (Å²) < 4.78 is 5.96. The molecule has 35 heavy (non-hydrogen) atoms. The van der Waals surface area contributed by atoms with Crippen LogP contribution in [0.4, 0.5) is 4.79 Å². The Hall–Kier alpha value is -3.42. The highest BCUT2D eigenvalue weighted by molar-refractivity contribution is 6.30. The maximum absolute atomic E-state index is 13.4. The van der Waals surface area contributed by atoms with Crippen LogP contribution in [0.1, 0.15) is 24.0 Å². The number of rotatable bonds is 6. The number of urea groups is 1. The lowest BCUT2D eigenvalue weighted by atomic mass is 9.86. The number of ether oxygens (including phenoxy) is 1. The lowest BCUT2D eigenvalue weighted by molar-refractivity contribution is -0.135. The molecule has 1 aromatic heterocycles. The Bertz CT molecular complexity index is 1210. The highest BCUT2D eigenvalue weighted by Gasteiger charge is 2.56. The van der Waals surface area contributed by atoms with Crippen LogP contribution in [0.2, 0.25) is 5.02 Å². The lowest BCUT2D eigenvalue weighted by Gasteiger charge is -2.40. The average molecular weight is 491 g/mol. The number of hydrogen-bond acceptors (Lipinski definition) is 5. The molecule has 3 aromatic rings. The van der Waals surface area contributed by atoms with Crippen LogP contribution < -0.4 is 4.74 Å². The van der Waals surface area contributed by atoms with Gasteiger partial charge in [0, 0.05) is 44.1 Å². The van der Waals surface area contributed by atoms with Gasteiger partial charge in [0.15, 0.2) is 0 Å². The van der Waals surface area contributed by atoms with Crippen molar-refractivity contribution in [1.82, 2.24) is 19.7 Å². The average Bonchev–Trinajstić information content (AvgIpc) is 3.04. The smallest absolute Gasteiger partial charge is 0.327 e. The van der Waals surface area contributed by atoms with Crippen LogP contribution in [-0.2, 0) is 17.9 Å². The van der Waals surface area contributed by atoms with Crippen molar-refractivity contribution in [3.63, 3.8) is 0 Å². The number of hydrogen-bond donors (Lipinski definition) is 0. The van der Waals surface area contributed by atoms with Crippen molar-refractivity contribution in [3.8, 4) is 11.5 Å². The van der Waals surface area contributed by atoms with Crippen molar-refractivity contribution in [3.05, 3.63) is 89.2 Å². The Morgan fingerprint density at radius 2 is 1.69 bits per heavy atom. The first-order valence-electron chi connectivity index (χ1n) is 11.7. The Labute approximate surface area is 209 Å². The van der Waals surface area contributed by atoms with Crippen LogP contribution in [-0.4, -0.2) is 57.3 Å². The highest BCUT2D eigenvalue weighted by atomic mass is 35.5. The minimum atomic E-state index is -0.769. The number of pyridine rings is 1. The number of carbonyl (C=O) groups is 2. The van der Waals surface area contributed by atoms with Gasteiger partial charge in [0.1, 0.15) is 17.0 Å². The number of nitrogens with zero attached hydrogens (tertiary/aromatic N) is 4. The minimum absolute atomic E-state index is 0.105. The van der Waals surface area contributed by atoms with Gasteiger partial charge in [0.2, 0.25) is 0 Å². The molecule has 3 heterocycles. The van der Waals surface area contributed by atoms with Crippen molar-refractivity contribution in [2.45, 2.75) is 31.5 Å². The van der Waals surface area contributed by atoms with Crippen molar-refractivity contribution < 1.29 is 14.3 Å². The molecule has 2 aliphatic rings. The van der Waals surface area contributed by atoms with Gasteiger partial charge in [-0.25, -0.2) is 4.79 Å². The van der Waals surface area contributed by atoms with Gasteiger partial charge < -0.3 is 9.64 Å². The fourth-order valence-electron chi connectivity index (χ4n) is 4.89. The first-order chi connectivity index (χ1) is 16.9. The summed E-state index contributed by atoms with van der Waals surface area (Å²) in [5, 5.41) is 0.669.